The lowest BCUT2D eigenvalue weighted by atomic mass is 10.0. The molecule has 0 N–H and O–H groups in total. The zero-order chi connectivity index (χ0) is 24.1. The van der Waals surface area contributed by atoms with Gasteiger partial charge in [0.25, 0.3) is 5.82 Å². The van der Waals surface area contributed by atoms with Gasteiger partial charge in [-0.1, -0.05) is 140 Å². The average Bonchev–Trinajstić information content (AvgIpc) is 3.24. The van der Waals surface area contributed by atoms with E-state index in [4.69, 9.17) is 0 Å². The topological polar surface area (TPSA) is 8.81 Å². The molecule has 2 heteroatoms. The van der Waals surface area contributed by atoms with Crippen LogP contribution in [0.5, 0.6) is 0 Å². The molecule has 1 aromatic carbocycles. The molecule has 192 valence electrons. The van der Waals surface area contributed by atoms with Crippen LogP contribution in [0.4, 0.5) is 0 Å². The highest BCUT2D eigenvalue weighted by atomic mass is 15.1. The van der Waals surface area contributed by atoms with Crippen LogP contribution in [0.3, 0.4) is 0 Å². The van der Waals surface area contributed by atoms with Gasteiger partial charge in [0.1, 0.15) is 18.9 Å². The van der Waals surface area contributed by atoms with E-state index >= 15 is 0 Å². The summed E-state index contributed by atoms with van der Waals surface area (Å²) in [7, 11) is 0. The maximum atomic E-state index is 2.53. The van der Waals surface area contributed by atoms with E-state index in [9.17, 15) is 0 Å². The molecule has 0 fully saturated rings. The van der Waals surface area contributed by atoms with E-state index in [1.807, 2.05) is 0 Å². The fourth-order valence-electron chi connectivity index (χ4n) is 5.08. The second-order valence-corrected chi connectivity index (χ2v) is 10.4. The zero-order valence-corrected chi connectivity index (χ0v) is 22.8. The molecule has 0 unspecified atom stereocenters. The first-order valence-corrected chi connectivity index (χ1v) is 15.0. The lowest BCUT2D eigenvalue weighted by molar-refractivity contribution is -0.704. The van der Waals surface area contributed by atoms with Gasteiger partial charge < -0.3 is 0 Å². The van der Waals surface area contributed by atoms with Gasteiger partial charge in [-0.15, -0.1) is 0 Å². The van der Waals surface area contributed by atoms with Crippen LogP contribution < -0.4 is 4.57 Å². The number of rotatable bonds is 22. The fraction of sp³-hybridized carbons (Fsp3) is 0.719. The van der Waals surface area contributed by atoms with Gasteiger partial charge in [0.2, 0.25) is 0 Å². The Kier molecular flexibility index (Phi) is 16.6. The summed E-state index contributed by atoms with van der Waals surface area (Å²) in [5.74, 6) is 1.51. The second kappa shape index (κ2) is 19.7. The molecule has 2 nitrogen and oxygen atoms in total. The van der Waals surface area contributed by atoms with Crippen LogP contribution in [0.25, 0.3) is 0 Å². The Hall–Kier alpha value is -1.57. The highest BCUT2D eigenvalue weighted by molar-refractivity contribution is 5.15. The van der Waals surface area contributed by atoms with Crippen molar-refractivity contribution in [2.75, 3.05) is 0 Å². The number of aromatic nitrogens is 2. The second-order valence-electron chi connectivity index (χ2n) is 10.4. The number of benzene rings is 1. The Morgan fingerprint density at radius 1 is 0.588 bits per heavy atom. The highest BCUT2D eigenvalue weighted by Crippen LogP contribution is 2.14. The molecule has 0 aliphatic rings. The average molecular weight is 468 g/mol. The lowest BCUT2D eigenvalue weighted by Crippen LogP contribution is -2.37. The number of aryl methyl sites for hydroxylation is 1. The van der Waals surface area contributed by atoms with E-state index in [0.717, 1.165) is 6.54 Å². The van der Waals surface area contributed by atoms with E-state index < -0.39 is 0 Å². The summed E-state index contributed by atoms with van der Waals surface area (Å²) >= 11 is 0. The summed E-state index contributed by atoms with van der Waals surface area (Å²) in [5, 5.41) is 0. The maximum absolute atomic E-state index is 2.53. The van der Waals surface area contributed by atoms with Crippen LogP contribution in [0, 0.1) is 0 Å². The molecule has 0 saturated heterocycles. The van der Waals surface area contributed by atoms with Crippen molar-refractivity contribution >= 4 is 0 Å². The molecule has 0 radical (unpaired) electrons. The molecule has 0 bridgehead atoms. The van der Waals surface area contributed by atoms with E-state index in [1.165, 1.54) is 140 Å². The van der Waals surface area contributed by atoms with Gasteiger partial charge in [-0.3, -0.25) is 0 Å². The molecule has 0 saturated carbocycles. The van der Waals surface area contributed by atoms with Gasteiger partial charge in [-0.2, -0.15) is 0 Å². The van der Waals surface area contributed by atoms with Gasteiger partial charge >= 0.3 is 0 Å². The smallest absolute Gasteiger partial charge is 0.234 e. The Morgan fingerprint density at radius 2 is 1.09 bits per heavy atom. The minimum absolute atomic E-state index is 0.992. The van der Waals surface area contributed by atoms with Crippen molar-refractivity contribution in [3.63, 3.8) is 0 Å². The molecule has 0 aliphatic carbocycles. The van der Waals surface area contributed by atoms with Crippen molar-refractivity contribution in [2.24, 2.45) is 0 Å². The summed E-state index contributed by atoms with van der Waals surface area (Å²) in [6.07, 6.45) is 31.3. The Balaban J connectivity index is 1.51. The van der Waals surface area contributed by atoms with Crippen LogP contribution in [-0.2, 0) is 19.5 Å². The standard InChI is InChI=1S/C32H55N2/c1-3-5-7-8-9-10-11-12-13-14-15-16-17-18-19-23-27-33-28-29-34(32(33)26-6-4-2)30-31-24-21-20-22-25-31/h20-22,24-25,28-29H,3-19,23,26-27,30H2,1-2H3/q+1. The molecule has 0 atom stereocenters. The zero-order valence-electron chi connectivity index (χ0n) is 22.8. The van der Waals surface area contributed by atoms with Gasteiger partial charge in [-0.25, -0.2) is 9.13 Å². The minimum atomic E-state index is 0.992. The lowest BCUT2D eigenvalue weighted by Gasteiger charge is -2.06. The Bertz CT molecular complexity index is 703. The first-order chi connectivity index (χ1) is 16.8. The van der Waals surface area contributed by atoms with Crippen LogP contribution >= 0.6 is 0 Å². The Labute approximate surface area is 212 Å². The summed E-state index contributed by atoms with van der Waals surface area (Å²) in [6, 6.07) is 10.9. The van der Waals surface area contributed by atoms with Crippen molar-refractivity contribution in [1.82, 2.24) is 4.57 Å². The molecule has 2 aromatic rings. The van der Waals surface area contributed by atoms with E-state index in [-0.39, 0.29) is 0 Å². The minimum Gasteiger partial charge on any atom is -0.234 e. The van der Waals surface area contributed by atoms with Crippen molar-refractivity contribution in [1.29, 1.82) is 0 Å². The molecule has 0 spiro atoms. The maximum Gasteiger partial charge on any atom is 0.256 e. The summed E-state index contributed by atoms with van der Waals surface area (Å²) < 4.78 is 5.00. The number of hydrogen-bond acceptors (Lipinski definition) is 0. The predicted octanol–water partition coefficient (Wildman–Crippen LogP) is 9.43. The number of imidazole rings is 1. The molecule has 0 aliphatic heterocycles. The van der Waals surface area contributed by atoms with Gasteiger partial charge in [0, 0.05) is 6.42 Å². The third-order valence-corrected chi connectivity index (χ3v) is 7.29. The molecule has 2 rings (SSSR count). The summed E-state index contributed by atoms with van der Waals surface area (Å²) in [6.45, 7) is 6.77. The summed E-state index contributed by atoms with van der Waals surface area (Å²) in [5.41, 5.74) is 1.39. The van der Waals surface area contributed by atoms with E-state index in [2.05, 4.69) is 65.7 Å². The van der Waals surface area contributed by atoms with Crippen LogP contribution in [0.15, 0.2) is 42.7 Å². The van der Waals surface area contributed by atoms with Crippen LogP contribution in [0.2, 0.25) is 0 Å². The van der Waals surface area contributed by atoms with Crippen molar-refractivity contribution in [3.05, 3.63) is 54.1 Å². The molecule has 0 amide bonds. The Morgan fingerprint density at radius 3 is 1.62 bits per heavy atom. The van der Waals surface area contributed by atoms with Gasteiger partial charge in [0.15, 0.2) is 0 Å². The van der Waals surface area contributed by atoms with Gasteiger partial charge in [-0.05, 0) is 24.8 Å². The van der Waals surface area contributed by atoms with Gasteiger partial charge in [0.05, 0.1) is 6.54 Å². The molecular formula is C32H55N2+. The van der Waals surface area contributed by atoms with Crippen LogP contribution in [-0.4, -0.2) is 4.57 Å². The monoisotopic (exact) mass is 467 g/mol. The normalized spacial score (nSPS) is 11.4. The highest BCUT2D eigenvalue weighted by Gasteiger charge is 2.16. The van der Waals surface area contributed by atoms with Crippen molar-refractivity contribution < 1.29 is 4.57 Å². The third-order valence-electron chi connectivity index (χ3n) is 7.29. The molecule has 34 heavy (non-hydrogen) atoms. The number of nitrogens with zero attached hydrogens (tertiary/aromatic N) is 2. The SMILES string of the molecule is CCCCCCCCCCCCCCCCCC[n+]1ccn(Cc2ccccc2)c1CCCC. The molecule has 1 heterocycles. The van der Waals surface area contributed by atoms with Crippen molar-refractivity contribution in [3.8, 4) is 0 Å². The quantitative estimate of drug-likeness (QED) is 0.120. The first-order valence-electron chi connectivity index (χ1n) is 15.0. The number of unbranched alkanes of at least 4 members (excludes halogenated alkanes) is 16. The molecular weight excluding hydrogens is 412 g/mol. The fourth-order valence-corrected chi connectivity index (χ4v) is 5.08. The number of hydrogen-bond donors (Lipinski definition) is 0. The third kappa shape index (κ3) is 12.8. The largest absolute Gasteiger partial charge is 0.256 e. The van der Waals surface area contributed by atoms with Crippen LogP contribution in [0.1, 0.15) is 141 Å². The first kappa shape index (κ1) is 28.7. The van der Waals surface area contributed by atoms with E-state index in [1.54, 1.807) is 0 Å². The van der Waals surface area contributed by atoms with E-state index in [0.29, 0.717) is 0 Å². The van der Waals surface area contributed by atoms with Crippen molar-refractivity contribution in [2.45, 2.75) is 149 Å². The summed E-state index contributed by atoms with van der Waals surface area (Å²) in [4.78, 5) is 0. The molecule has 1 aromatic heterocycles. The predicted molar refractivity (Wildman–Crippen MR) is 148 cm³/mol.